The van der Waals surface area contributed by atoms with E-state index in [9.17, 15) is 13.2 Å². The Morgan fingerprint density at radius 3 is 2.27 bits per heavy atom. The molecular weight excluding hydrogens is 201 g/mol. The number of alkyl halides is 3. The Bertz CT molecular complexity index is 403. The molecule has 0 heterocycles. The van der Waals surface area contributed by atoms with Crippen LogP contribution in [0.25, 0.3) is 0 Å². The molecule has 1 rings (SSSR count). The highest BCUT2D eigenvalue weighted by Crippen LogP contribution is 2.30. The summed E-state index contributed by atoms with van der Waals surface area (Å²) < 4.78 is 53.4. The zero-order valence-corrected chi connectivity index (χ0v) is 8.94. The summed E-state index contributed by atoms with van der Waals surface area (Å²) in [5, 5.41) is 0. The van der Waals surface area contributed by atoms with Crippen molar-refractivity contribution in [1.29, 1.82) is 0 Å². The van der Waals surface area contributed by atoms with Crippen LogP contribution in [-0.4, -0.2) is 0 Å². The van der Waals surface area contributed by atoms with Gasteiger partial charge in [0, 0.05) is 2.74 Å². The van der Waals surface area contributed by atoms with Crippen LogP contribution in [0.3, 0.4) is 0 Å². The molecule has 0 amide bonds. The van der Waals surface area contributed by atoms with Gasteiger partial charge in [-0.3, -0.25) is 0 Å². The molecule has 0 unspecified atom stereocenters. The van der Waals surface area contributed by atoms with E-state index in [1.165, 1.54) is 12.1 Å². The Morgan fingerprint density at radius 1 is 1.20 bits per heavy atom. The van der Waals surface area contributed by atoms with Crippen molar-refractivity contribution in [2.45, 2.75) is 33.3 Å². The Balaban J connectivity index is 3.26. The van der Waals surface area contributed by atoms with Crippen molar-refractivity contribution in [3.05, 3.63) is 35.4 Å². The summed E-state index contributed by atoms with van der Waals surface area (Å²) in [7, 11) is 0. The molecule has 0 nitrogen and oxygen atoms in total. The minimum absolute atomic E-state index is 0.0554. The third-order valence-corrected chi connectivity index (χ3v) is 1.71. The largest absolute Gasteiger partial charge is 0.416 e. The third kappa shape index (κ3) is 3.94. The van der Waals surface area contributed by atoms with Gasteiger partial charge in [-0.15, -0.1) is 0 Å². The van der Waals surface area contributed by atoms with Crippen LogP contribution in [0.1, 0.15) is 34.6 Å². The summed E-state index contributed by atoms with van der Waals surface area (Å²) in [5.41, 5.74) is -1.53. The van der Waals surface area contributed by atoms with Gasteiger partial charge in [-0.1, -0.05) is 39.0 Å². The van der Waals surface area contributed by atoms with E-state index in [2.05, 4.69) is 0 Å². The predicted octanol–water partition coefficient (Wildman–Crippen LogP) is 4.29. The quantitative estimate of drug-likeness (QED) is 0.659. The second-order valence-corrected chi connectivity index (χ2v) is 4.45. The third-order valence-electron chi connectivity index (χ3n) is 1.71. The molecule has 0 aliphatic carbocycles. The minimum atomic E-state index is -4.44. The van der Waals surface area contributed by atoms with E-state index in [-0.39, 0.29) is 5.56 Å². The number of benzene rings is 1. The summed E-state index contributed by atoms with van der Waals surface area (Å²) in [4.78, 5) is 0. The Labute approximate surface area is 90.9 Å². The molecule has 1 aromatic rings. The van der Waals surface area contributed by atoms with Gasteiger partial charge in [0.1, 0.15) is 0 Å². The maximum atomic E-state index is 12.5. The number of rotatable bonds is 1. The van der Waals surface area contributed by atoms with E-state index >= 15 is 0 Å². The lowest BCUT2D eigenvalue weighted by Gasteiger charge is -2.18. The summed E-state index contributed by atoms with van der Waals surface area (Å²) in [6.07, 6.45) is -6.25. The van der Waals surface area contributed by atoms with Crippen LogP contribution in [0, 0.1) is 5.41 Å². The van der Waals surface area contributed by atoms with Crippen molar-refractivity contribution in [3.8, 4) is 0 Å². The summed E-state index contributed by atoms with van der Waals surface area (Å²) in [6.45, 7) is 4.98. The highest BCUT2D eigenvalue weighted by molar-refractivity contribution is 5.26. The average molecular weight is 218 g/mol. The molecule has 3 heteroatoms. The molecule has 0 saturated carbocycles. The lowest BCUT2D eigenvalue weighted by molar-refractivity contribution is -0.137. The van der Waals surface area contributed by atoms with Crippen LogP contribution >= 0.6 is 0 Å². The van der Waals surface area contributed by atoms with Gasteiger partial charge in [0.25, 0.3) is 0 Å². The second-order valence-electron chi connectivity index (χ2n) is 4.45. The zero-order chi connectivity index (χ0) is 13.5. The van der Waals surface area contributed by atoms with Crippen molar-refractivity contribution < 1.29 is 15.9 Å². The molecule has 15 heavy (non-hydrogen) atoms. The Hall–Kier alpha value is -0.990. The normalized spacial score (nSPS) is 15.9. The van der Waals surface area contributed by atoms with Crippen LogP contribution < -0.4 is 0 Å². The van der Waals surface area contributed by atoms with E-state index in [1.54, 1.807) is 20.8 Å². The first-order chi connectivity index (χ1) is 7.46. The molecule has 84 valence electrons. The Kier molecular flexibility index (Phi) is 2.39. The van der Waals surface area contributed by atoms with Crippen molar-refractivity contribution >= 4 is 0 Å². The highest BCUT2D eigenvalue weighted by Gasteiger charge is 2.30. The standard InChI is InChI=1S/C12H15F3/c1-11(2,3)8-9-5-4-6-10(7-9)12(13,14)15/h4-7H,8H2,1-3H3/i8D2. The molecule has 0 atom stereocenters. The minimum Gasteiger partial charge on any atom is -0.166 e. The van der Waals surface area contributed by atoms with Crippen molar-refractivity contribution in [2.24, 2.45) is 5.41 Å². The lowest BCUT2D eigenvalue weighted by Crippen LogP contribution is -2.11. The van der Waals surface area contributed by atoms with Crippen molar-refractivity contribution in [3.63, 3.8) is 0 Å². The molecular formula is C12H15F3. The van der Waals surface area contributed by atoms with Crippen LogP contribution in [0.4, 0.5) is 13.2 Å². The average Bonchev–Trinajstić information content (AvgIpc) is 2.15. The van der Waals surface area contributed by atoms with Gasteiger partial charge in [-0.05, 0) is 23.4 Å². The first kappa shape index (κ1) is 9.25. The summed E-state index contributed by atoms with van der Waals surface area (Å²) in [6, 6.07) is 4.45. The van der Waals surface area contributed by atoms with Gasteiger partial charge >= 0.3 is 6.18 Å². The fourth-order valence-corrected chi connectivity index (χ4v) is 1.21. The smallest absolute Gasteiger partial charge is 0.166 e. The maximum absolute atomic E-state index is 12.5. The fourth-order valence-electron chi connectivity index (χ4n) is 1.21. The fraction of sp³-hybridized carbons (Fsp3) is 0.500. The molecule has 0 spiro atoms. The van der Waals surface area contributed by atoms with Gasteiger partial charge in [-0.2, -0.15) is 13.2 Å². The second kappa shape index (κ2) is 3.87. The maximum Gasteiger partial charge on any atom is 0.416 e. The molecule has 0 saturated heterocycles. The van der Waals surface area contributed by atoms with E-state index < -0.39 is 23.5 Å². The monoisotopic (exact) mass is 218 g/mol. The topological polar surface area (TPSA) is 0 Å². The van der Waals surface area contributed by atoms with Gasteiger partial charge in [0.2, 0.25) is 0 Å². The SMILES string of the molecule is [2H]C([2H])(c1cccc(C(F)(F)F)c1)C(C)(C)C. The van der Waals surface area contributed by atoms with Crippen LogP contribution in [0.15, 0.2) is 24.3 Å². The first-order valence-electron chi connectivity index (χ1n) is 5.64. The van der Waals surface area contributed by atoms with E-state index in [1.807, 2.05) is 0 Å². The summed E-state index contributed by atoms with van der Waals surface area (Å²) in [5.74, 6) is 0. The van der Waals surface area contributed by atoms with Gasteiger partial charge < -0.3 is 0 Å². The molecule has 0 fully saturated rings. The van der Waals surface area contributed by atoms with Crippen molar-refractivity contribution in [1.82, 2.24) is 0 Å². The molecule has 1 aromatic carbocycles. The summed E-state index contributed by atoms with van der Waals surface area (Å²) >= 11 is 0. The molecule has 0 N–H and O–H groups in total. The highest BCUT2D eigenvalue weighted by atomic mass is 19.4. The van der Waals surface area contributed by atoms with Gasteiger partial charge in [0.15, 0.2) is 0 Å². The predicted molar refractivity (Wildman–Crippen MR) is 54.6 cm³/mol. The van der Waals surface area contributed by atoms with Crippen LogP contribution in [0.2, 0.25) is 0 Å². The van der Waals surface area contributed by atoms with Crippen LogP contribution in [-0.2, 0) is 12.5 Å². The lowest BCUT2D eigenvalue weighted by atomic mass is 9.88. The van der Waals surface area contributed by atoms with Gasteiger partial charge in [-0.25, -0.2) is 0 Å². The number of halogens is 3. The first-order valence-corrected chi connectivity index (χ1v) is 4.64. The van der Waals surface area contributed by atoms with Crippen molar-refractivity contribution in [2.75, 3.05) is 0 Å². The van der Waals surface area contributed by atoms with E-state index in [0.717, 1.165) is 12.1 Å². The molecule has 0 aliphatic heterocycles. The number of hydrogen-bond donors (Lipinski definition) is 0. The van der Waals surface area contributed by atoms with E-state index in [4.69, 9.17) is 2.74 Å². The van der Waals surface area contributed by atoms with E-state index in [0.29, 0.717) is 0 Å². The molecule has 0 aromatic heterocycles. The molecule has 0 aliphatic rings. The number of hydrogen-bond acceptors (Lipinski definition) is 0. The Morgan fingerprint density at radius 2 is 1.80 bits per heavy atom. The molecule has 0 bridgehead atoms. The molecule has 0 radical (unpaired) electrons. The zero-order valence-electron chi connectivity index (χ0n) is 10.9. The van der Waals surface area contributed by atoms with Gasteiger partial charge in [0.05, 0.1) is 5.56 Å². The van der Waals surface area contributed by atoms with Crippen LogP contribution in [0.5, 0.6) is 0 Å².